The van der Waals surface area contributed by atoms with Crippen molar-refractivity contribution >= 4 is 0 Å². The zero-order chi connectivity index (χ0) is 14.3. The van der Waals surface area contributed by atoms with Crippen LogP contribution in [0.25, 0.3) is 10.4 Å². The van der Waals surface area contributed by atoms with Gasteiger partial charge in [0.1, 0.15) is 0 Å². The second-order valence-corrected chi connectivity index (χ2v) is 7.17. The number of fused-ring (bicyclic) bond motifs is 1. The Morgan fingerprint density at radius 2 is 2.11 bits per heavy atom. The van der Waals surface area contributed by atoms with Crippen LogP contribution in [0, 0.1) is 22.7 Å². The minimum absolute atomic E-state index is 0.0568. The molecule has 2 aliphatic rings. The topological polar surface area (TPSA) is 69.0 Å². The van der Waals surface area contributed by atoms with Gasteiger partial charge >= 0.3 is 0 Å². The van der Waals surface area contributed by atoms with Crippen LogP contribution in [0.5, 0.6) is 0 Å². The molecule has 4 atom stereocenters. The third kappa shape index (κ3) is 2.17. The van der Waals surface area contributed by atoms with Gasteiger partial charge in [-0.2, -0.15) is 0 Å². The molecule has 106 valence electrons. The van der Waals surface area contributed by atoms with Crippen LogP contribution in [0.4, 0.5) is 0 Å². The van der Waals surface area contributed by atoms with Gasteiger partial charge in [0.2, 0.25) is 0 Å². The molecule has 4 nitrogen and oxygen atoms in total. The van der Waals surface area contributed by atoms with E-state index >= 15 is 0 Å². The van der Waals surface area contributed by atoms with Crippen LogP contribution in [-0.2, 0) is 0 Å². The second-order valence-electron chi connectivity index (χ2n) is 7.17. The van der Waals surface area contributed by atoms with E-state index in [1.54, 1.807) is 0 Å². The number of hydrogen-bond donors (Lipinski definition) is 1. The monoisotopic (exact) mass is 263 g/mol. The molecule has 2 fully saturated rings. The maximum Gasteiger partial charge on any atom is 0.0589 e. The van der Waals surface area contributed by atoms with E-state index in [4.69, 9.17) is 5.53 Å². The van der Waals surface area contributed by atoms with Gasteiger partial charge in [-0.3, -0.25) is 0 Å². The third-order valence-corrected chi connectivity index (χ3v) is 5.78. The zero-order valence-electron chi connectivity index (χ0n) is 12.3. The average Bonchev–Trinajstić information content (AvgIpc) is 2.31. The average molecular weight is 263 g/mol. The van der Waals surface area contributed by atoms with Crippen LogP contribution in [0.15, 0.2) is 17.3 Å². The highest BCUT2D eigenvalue weighted by molar-refractivity contribution is 5.22. The molecule has 2 aliphatic carbocycles. The summed E-state index contributed by atoms with van der Waals surface area (Å²) >= 11 is 0. The molecule has 0 amide bonds. The fraction of sp³-hybridized carbons (Fsp3) is 0.867. The molecule has 0 aliphatic heterocycles. The van der Waals surface area contributed by atoms with Crippen LogP contribution in [0.1, 0.15) is 46.5 Å². The molecule has 2 saturated carbocycles. The van der Waals surface area contributed by atoms with E-state index in [0.29, 0.717) is 5.92 Å². The third-order valence-electron chi connectivity index (χ3n) is 5.78. The Bertz CT molecular complexity index is 425. The Hall–Kier alpha value is -0.990. The Kier molecular flexibility index (Phi) is 3.67. The molecule has 0 saturated heterocycles. The number of hydrogen-bond acceptors (Lipinski definition) is 2. The van der Waals surface area contributed by atoms with Crippen LogP contribution in [-0.4, -0.2) is 17.8 Å². The van der Waals surface area contributed by atoms with Gasteiger partial charge in [0.25, 0.3) is 0 Å². The lowest BCUT2D eigenvalue weighted by Crippen LogP contribution is -2.53. The first kappa shape index (κ1) is 14.4. The summed E-state index contributed by atoms with van der Waals surface area (Å²) in [7, 11) is 0. The standard InChI is InChI=1S/C15H25N3O/c1-10-11(9-19)15(4)7-5-6-14(2,3)13(15)8-12(10)17-18-16/h11-13,19H,1,5-9H2,2-4H3/t11-,12?,13?,15+/m0/s1. The largest absolute Gasteiger partial charge is 0.396 e. The summed E-state index contributed by atoms with van der Waals surface area (Å²) in [5, 5.41) is 13.7. The Labute approximate surface area is 115 Å². The summed E-state index contributed by atoms with van der Waals surface area (Å²) in [6, 6.07) is -0.155. The van der Waals surface area contributed by atoms with E-state index in [2.05, 4.69) is 37.4 Å². The summed E-state index contributed by atoms with van der Waals surface area (Å²) in [5.74, 6) is 0.535. The summed E-state index contributed by atoms with van der Waals surface area (Å²) in [4.78, 5) is 2.97. The lowest BCUT2D eigenvalue weighted by atomic mass is 9.47. The predicted octanol–water partition coefficient (Wildman–Crippen LogP) is 4.07. The summed E-state index contributed by atoms with van der Waals surface area (Å²) < 4.78 is 0. The van der Waals surface area contributed by atoms with Gasteiger partial charge in [-0.15, -0.1) is 0 Å². The highest BCUT2D eigenvalue weighted by Crippen LogP contribution is 2.61. The maximum atomic E-state index is 9.83. The molecule has 0 aromatic carbocycles. The molecule has 0 radical (unpaired) electrons. The molecule has 19 heavy (non-hydrogen) atoms. The van der Waals surface area contributed by atoms with Gasteiger partial charge in [0, 0.05) is 10.8 Å². The lowest BCUT2D eigenvalue weighted by molar-refractivity contribution is -0.0691. The summed E-state index contributed by atoms with van der Waals surface area (Å²) in [6.45, 7) is 11.1. The van der Waals surface area contributed by atoms with E-state index in [-0.39, 0.29) is 29.4 Å². The zero-order valence-corrected chi connectivity index (χ0v) is 12.3. The van der Waals surface area contributed by atoms with Crippen LogP contribution >= 0.6 is 0 Å². The summed E-state index contributed by atoms with van der Waals surface area (Å²) in [6.07, 6.45) is 4.42. The van der Waals surface area contributed by atoms with Gasteiger partial charge in [-0.25, -0.2) is 0 Å². The van der Waals surface area contributed by atoms with Gasteiger partial charge in [-0.05, 0) is 41.5 Å². The Balaban J connectivity index is 2.43. The van der Waals surface area contributed by atoms with E-state index in [1.165, 1.54) is 12.8 Å². The van der Waals surface area contributed by atoms with E-state index < -0.39 is 0 Å². The van der Waals surface area contributed by atoms with E-state index in [1.807, 2.05) is 0 Å². The van der Waals surface area contributed by atoms with Crippen molar-refractivity contribution in [2.24, 2.45) is 27.8 Å². The second kappa shape index (κ2) is 4.84. The maximum absolute atomic E-state index is 9.83. The first-order chi connectivity index (χ1) is 8.86. The fourth-order valence-corrected chi connectivity index (χ4v) is 4.71. The normalized spacial score (nSPS) is 41.3. The molecule has 0 spiro atoms. The molecule has 4 heteroatoms. The highest BCUT2D eigenvalue weighted by atomic mass is 16.3. The molecular weight excluding hydrogens is 238 g/mol. The lowest BCUT2D eigenvalue weighted by Gasteiger charge is -2.58. The van der Waals surface area contributed by atoms with Crippen molar-refractivity contribution in [2.75, 3.05) is 6.61 Å². The molecule has 2 rings (SSSR count). The van der Waals surface area contributed by atoms with Crippen molar-refractivity contribution in [1.82, 2.24) is 0 Å². The highest BCUT2D eigenvalue weighted by Gasteiger charge is 2.54. The molecule has 0 aromatic heterocycles. The van der Waals surface area contributed by atoms with Crippen molar-refractivity contribution in [3.8, 4) is 0 Å². The smallest absolute Gasteiger partial charge is 0.0589 e. The van der Waals surface area contributed by atoms with Crippen molar-refractivity contribution in [3.05, 3.63) is 22.6 Å². The first-order valence-corrected chi connectivity index (χ1v) is 7.20. The summed E-state index contributed by atoms with van der Waals surface area (Å²) in [5.41, 5.74) is 10.0. The van der Waals surface area contributed by atoms with E-state index in [9.17, 15) is 5.11 Å². The van der Waals surface area contributed by atoms with Gasteiger partial charge in [0.05, 0.1) is 12.6 Å². The van der Waals surface area contributed by atoms with Gasteiger partial charge < -0.3 is 5.11 Å². The SMILES string of the molecule is C=C1C(N=[N+]=[N-])CC2C(C)(C)CCC[C@]2(C)[C@H]1CO. The number of rotatable bonds is 2. The molecule has 0 heterocycles. The minimum atomic E-state index is -0.155. The van der Waals surface area contributed by atoms with Crippen molar-refractivity contribution in [3.63, 3.8) is 0 Å². The number of nitrogens with zero attached hydrogens (tertiary/aromatic N) is 3. The van der Waals surface area contributed by atoms with Crippen molar-refractivity contribution < 1.29 is 5.11 Å². The number of aliphatic hydroxyl groups is 1. The molecule has 0 bridgehead atoms. The van der Waals surface area contributed by atoms with E-state index in [0.717, 1.165) is 18.4 Å². The van der Waals surface area contributed by atoms with Crippen LogP contribution in [0.2, 0.25) is 0 Å². The quantitative estimate of drug-likeness (QED) is 0.347. The van der Waals surface area contributed by atoms with Gasteiger partial charge in [-0.1, -0.05) is 44.5 Å². The molecule has 1 N–H and O–H groups in total. The van der Waals surface area contributed by atoms with Gasteiger partial charge in [0.15, 0.2) is 0 Å². The number of aliphatic hydroxyl groups excluding tert-OH is 1. The Morgan fingerprint density at radius 1 is 1.42 bits per heavy atom. The first-order valence-electron chi connectivity index (χ1n) is 7.20. The van der Waals surface area contributed by atoms with Crippen LogP contribution in [0.3, 0.4) is 0 Å². The molecular formula is C15H25N3O. The van der Waals surface area contributed by atoms with Crippen molar-refractivity contribution in [1.29, 1.82) is 0 Å². The Morgan fingerprint density at radius 3 is 2.68 bits per heavy atom. The van der Waals surface area contributed by atoms with Crippen LogP contribution < -0.4 is 0 Å². The fourth-order valence-electron chi connectivity index (χ4n) is 4.71. The predicted molar refractivity (Wildman–Crippen MR) is 76.5 cm³/mol. The molecule has 0 aromatic rings. The number of azide groups is 1. The minimum Gasteiger partial charge on any atom is -0.396 e. The molecule has 2 unspecified atom stereocenters. The van der Waals surface area contributed by atoms with Crippen molar-refractivity contribution in [2.45, 2.75) is 52.5 Å².